The normalized spacial score (nSPS) is 21.2. The van der Waals surface area contributed by atoms with E-state index in [1.54, 1.807) is 0 Å². The highest BCUT2D eigenvalue weighted by atomic mass is 16.6. The molecule has 3 nitrogen and oxygen atoms in total. The first-order valence-corrected chi connectivity index (χ1v) is 5.14. The van der Waals surface area contributed by atoms with Crippen molar-refractivity contribution in [2.45, 2.75) is 12.5 Å². The monoisotopic (exact) mass is 206 g/mol. The van der Waals surface area contributed by atoms with Crippen molar-refractivity contribution in [3.63, 3.8) is 0 Å². The highest BCUT2D eigenvalue weighted by Crippen LogP contribution is 2.10. The van der Waals surface area contributed by atoms with Gasteiger partial charge in [-0.2, -0.15) is 0 Å². The Labute approximate surface area is 89.0 Å². The predicted octanol–water partition coefficient (Wildman–Crippen LogP) is 1.67. The molecule has 1 aromatic carbocycles. The summed E-state index contributed by atoms with van der Waals surface area (Å²) in [6, 6.07) is 9.28. The van der Waals surface area contributed by atoms with Crippen molar-refractivity contribution in [2.24, 2.45) is 0 Å². The van der Waals surface area contributed by atoms with Crippen LogP contribution in [0.4, 0.5) is 0 Å². The van der Waals surface area contributed by atoms with E-state index in [4.69, 9.17) is 9.47 Å². The van der Waals surface area contributed by atoms with Gasteiger partial charge in [0.25, 0.3) is 0 Å². The van der Waals surface area contributed by atoms with Crippen LogP contribution < -0.4 is 0 Å². The van der Waals surface area contributed by atoms with Gasteiger partial charge < -0.3 is 9.47 Å². The van der Waals surface area contributed by atoms with Crippen LogP contribution in [0.15, 0.2) is 30.3 Å². The SMILES string of the molecule is O=C(CC1COCCO1)c1ccccc1. The summed E-state index contributed by atoms with van der Waals surface area (Å²) < 4.78 is 10.7. The van der Waals surface area contributed by atoms with Crippen LogP contribution in [0.2, 0.25) is 0 Å². The van der Waals surface area contributed by atoms with Gasteiger partial charge in [-0.25, -0.2) is 0 Å². The van der Waals surface area contributed by atoms with E-state index in [0.717, 1.165) is 5.56 Å². The van der Waals surface area contributed by atoms with Crippen LogP contribution in [0.25, 0.3) is 0 Å². The molecule has 3 heteroatoms. The number of ether oxygens (including phenoxy) is 2. The Kier molecular flexibility index (Phi) is 3.48. The van der Waals surface area contributed by atoms with Crippen molar-refractivity contribution in [3.05, 3.63) is 35.9 Å². The second-order valence-electron chi connectivity index (χ2n) is 3.56. The smallest absolute Gasteiger partial charge is 0.165 e. The van der Waals surface area contributed by atoms with E-state index in [1.165, 1.54) is 0 Å². The molecular weight excluding hydrogens is 192 g/mol. The number of hydrogen-bond acceptors (Lipinski definition) is 3. The molecule has 1 unspecified atom stereocenters. The zero-order valence-electron chi connectivity index (χ0n) is 8.52. The van der Waals surface area contributed by atoms with Crippen molar-refractivity contribution < 1.29 is 14.3 Å². The summed E-state index contributed by atoms with van der Waals surface area (Å²) in [7, 11) is 0. The minimum Gasteiger partial charge on any atom is -0.376 e. The molecule has 1 atom stereocenters. The lowest BCUT2D eigenvalue weighted by molar-refractivity contribution is -0.0868. The fourth-order valence-corrected chi connectivity index (χ4v) is 1.60. The molecule has 1 aromatic rings. The Morgan fingerprint density at radius 1 is 1.27 bits per heavy atom. The molecule has 0 radical (unpaired) electrons. The zero-order valence-corrected chi connectivity index (χ0v) is 8.52. The molecule has 1 aliphatic rings. The maximum absolute atomic E-state index is 11.8. The fraction of sp³-hybridized carbons (Fsp3) is 0.417. The number of Topliss-reactive ketones (excluding diaryl/α,β-unsaturated/α-hetero) is 1. The van der Waals surface area contributed by atoms with Crippen molar-refractivity contribution >= 4 is 5.78 Å². The summed E-state index contributed by atoms with van der Waals surface area (Å²) in [6.45, 7) is 1.75. The molecule has 2 rings (SSSR count). The molecule has 1 heterocycles. The van der Waals surface area contributed by atoms with Crippen LogP contribution in [0.5, 0.6) is 0 Å². The van der Waals surface area contributed by atoms with Crippen molar-refractivity contribution in [1.82, 2.24) is 0 Å². The first kappa shape index (κ1) is 10.3. The van der Waals surface area contributed by atoms with Gasteiger partial charge in [-0.1, -0.05) is 30.3 Å². The average molecular weight is 206 g/mol. The second kappa shape index (κ2) is 5.05. The Morgan fingerprint density at radius 2 is 2.07 bits per heavy atom. The molecule has 0 saturated carbocycles. The van der Waals surface area contributed by atoms with Crippen LogP contribution in [0.3, 0.4) is 0 Å². The topological polar surface area (TPSA) is 35.5 Å². The zero-order chi connectivity index (χ0) is 10.5. The van der Waals surface area contributed by atoms with E-state index in [1.807, 2.05) is 30.3 Å². The molecule has 0 N–H and O–H groups in total. The quantitative estimate of drug-likeness (QED) is 0.706. The second-order valence-corrected chi connectivity index (χ2v) is 3.56. The Hall–Kier alpha value is -1.19. The Bertz CT molecular complexity index is 315. The van der Waals surface area contributed by atoms with Crippen LogP contribution >= 0.6 is 0 Å². The van der Waals surface area contributed by atoms with Gasteiger partial charge in [0.2, 0.25) is 0 Å². The van der Waals surface area contributed by atoms with E-state index >= 15 is 0 Å². The number of rotatable bonds is 3. The molecule has 1 aliphatic heterocycles. The lowest BCUT2D eigenvalue weighted by atomic mass is 10.1. The van der Waals surface area contributed by atoms with Crippen LogP contribution in [-0.4, -0.2) is 31.7 Å². The molecule has 1 saturated heterocycles. The van der Waals surface area contributed by atoms with Gasteiger partial charge in [0.15, 0.2) is 5.78 Å². The summed E-state index contributed by atoms with van der Waals surface area (Å²) in [4.78, 5) is 11.8. The summed E-state index contributed by atoms with van der Waals surface area (Å²) in [6.07, 6.45) is 0.329. The molecule has 0 amide bonds. The van der Waals surface area contributed by atoms with Crippen LogP contribution in [-0.2, 0) is 9.47 Å². The molecule has 15 heavy (non-hydrogen) atoms. The third-order valence-corrected chi connectivity index (χ3v) is 2.39. The number of hydrogen-bond donors (Lipinski definition) is 0. The minimum absolute atomic E-state index is 0.0774. The van der Waals surface area contributed by atoms with E-state index < -0.39 is 0 Å². The van der Waals surface area contributed by atoms with E-state index in [-0.39, 0.29) is 11.9 Å². The number of ketones is 1. The average Bonchev–Trinajstić information content (AvgIpc) is 2.31. The lowest BCUT2D eigenvalue weighted by Gasteiger charge is -2.22. The Morgan fingerprint density at radius 3 is 2.73 bits per heavy atom. The van der Waals surface area contributed by atoms with E-state index in [2.05, 4.69) is 0 Å². The number of carbonyl (C=O) groups is 1. The lowest BCUT2D eigenvalue weighted by Crippen LogP contribution is -2.30. The van der Waals surface area contributed by atoms with Gasteiger partial charge in [0.1, 0.15) is 0 Å². The third kappa shape index (κ3) is 2.88. The summed E-state index contributed by atoms with van der Waals surface area (Å²) >= 11 is 0. The van der Waals surface area contributed by atoms with E-state index in [0.29, 0.717) is 26.2 Å². The molecule has 80 valence electrons. The maximum atomic E-state index is 11.8. The van der Waals surface area contributed by atoms with Crippen molar-refractivity contribution in [2.75, 3.05) is 19.8 Å². The number of benzene rings is 1. The molecule has 1 fully saturated rings. The van der Waals surface area contributed by atoms with Crippen LogP contribution in [0, 0.1) is 0 Å². The Balaban J connectivity index is 1.91. The van der Waals surface area contributed by atoms with Gasteiger partial charge >= 0.3 is 0 Å². The molecule has 0 aliphatic carbocycles. The van der Waals surface area contributed by atoms with Gasteiger partial charge in [-0.05, 0) is 0 Å². The molecule has 0 bridgehead atoms. The largest absolute Gasteiger partial charge is 0.376 e. The standard InChI is InChI=1S/C12H14O3/c13-12(10-4-2-1-3-5-10)8-11-9-14-6-7-15-11/h1-5,11H,6-9H2. The molecule has 0 aromatic heterocycles. The van der Waals surface area contributed by atoms with Gasteiger partial charge in [0.05, 0.1) is 25.9 Å². The highest BCUT2D eigenvalue weighted by molar-refractivity contribution is 5.96. The first-order chi connectivity index (χ1) is 7.36. The van der Waals surface area contributed by atoms with Gasteiger partial charge in [-0.15, -0.1) is 0 Å². The highest BCUT2D eigenvalue weighted by Gasteiger charge is 2.18. The summed E-state index contributed by atoms with van der Waals surface area (Å²) in [5.74, 6) is 0.117. The summed E-state index contributed by atoms with van der Waals surface area (Å²) in [5.41, 5.74) is 0.742. The predicted molar refractivity (Wildman–Crippen MR) is 55.9 cm³/mol. The summed E-state index contributed by atoms with van der Waals surface area (Å²) in [5, 5.41) is 0. The minimum atomic E-state index is -0.0774. The third-order valence-electron chi connectivity index (χ3n) is 2.39. The van der Waals surface area contributed by atoms with Gasteiger partial charge in [-0.3, -0.25) is 4.79 Å². The first-order valence-electron chi connectivity index (χ1n) is 5.14. The van der Waals surface area contributed by atoms with Crippen molar-refractivity contribution in [1.29, 1.82) is 0 Å². The molecule has 0 spiro atoms. The van der Waals surface area contributed by atoms with Crippen molar-refractivity contribution in [3.8, 4) is 0 Å². The maximum Gasteiger partial charge on any atom is 0.165 e. The fourth-order valence-electron chi connectivity index (χ4n) is 1.60. The van der Waals surface area contributed by atoms with E-state index in [9.17, 15) is 4.79 Å². The number of carbonyl (C=O) groups excluding carboxylic acids is 1. The van der Waals surface area contributed by atoms with Gasteiger partial charge in [0, 0.05) is 12.0 Å². The molecular formula is C12H14O3. The van der Waals surface area contributed by atoms with Crippen LogP contribution in [0.1, 0.15) is 16.8 Å².